The lowest BCUT2D eigenvalue weighted by atomic mass is 10.1. The number of carbonyl (C=O) groups excluding carboxylic acids is 1. The van der Waals surface area contributed by atoms with Crippen molar-refractivity contribution >= 4 is 33.4 Å². The van der Waals surface area contributed by atoms with Crippen LogP contribution in [0.15, 0.2) is 53.4 Å². The van der Waals surface area contributed by atoms with Crippen LogP contribution in [-0.4, -0.2) is 67.8 Å². The summed E-state index contributed by atoms with van der Waals surface area (Å²) >= 11 is 2.03. The molecule has 33 heavy (non-hydrogen) atoms. The number of hydrogen-bond acceptors (Lipinski definition) is 5. The summed E-state index contributed by atoms with van der Waals surface area (Å²) in [5.74, 6) is 2.42. The summed E-state index contributed by atoms with van der Waals surface area (Å²) in [7, 11) is -3.39. The molecule has 1 N–H and O–H groups in total. The third-order valence-electron chi connectivity index (χ3n) is 6.32. The Labute approximate surface area is 201 Å². The summed E-state index contributed by atoms with van der Waals surface area (Å²) in [4.78, 5) is 15.2. The van der Waals surface area contributed by atoms with Gasteiger partial charge in [-0.25, -0.2) is 8.42 Å². The summed E-state index contributed by atoms with van der Waals surface area (Å²) < 4.78 is 26.8. The van der Waals surface area contributed by atoms with E-state index < -0.39 is 10.0 Å². The molecule has 0 radical (unpaired) electrons. The molecule has 1 amide bonds. The highest BCUT2D eigenvalue weighted by atomic mass is 32.2. The molecule has 2 aliphatic heterocycles. The number of thioether (sulfide) groups is 1. The number of carbonyl (C=O) groups is 1. The highest BCUT2D eigenvalue weighted by Gasteiger charge is 2.26. The number of amides is 1. The zero-order valence-corrected chi connectivity index (χ0v) is 20.7. The molecule has 2 saturated heterocycles. The quantitative estimate of drug-likeness (QED) is 0.585. The Morgan fingerprint density at radius 3 is 2.12 bits per heavy atom. The monoisotopic (exact) mass is 487 g/mol. The van der Waals surface area contributed by atoms with Gasteiger partial charge >= 0.3 is 0 Å². The maximum absolute atomic E-state index is 12.6. The fourth-order valence-electron chi connectivity index (χ4n) is 4.25. The zero-order chi connectivity index (χ0) is 23.1. The molecule has 2 heterocycles. The third-order valence-corrected chi connectivity index (χ3v) is 9.18. The van der Waals surface area contributed by atoms with Gasteiger partial charge in [-0.1, -0.05) is 24.3 Å². The average molecular weight is 488 g/mol. The Balaban J connectivity index is 1.22. The standard InChI is InChI=1S/C25H33N3O3S2/c29-25(26-23-8-3-22(4-9-23)13-16-27-17-19-32-20-18-27)12-7-21-5-10-24(11-6-21)33(30,31)28-14-1-2-15-28/h3-6,8-11H,1-2,7,12-20H2,(H,26,29). The van der Waals surface area contributed by atoms with Gasteiger partial charge in [-0.3, -0.25) is 4.79 Å². The number of aryl methyl sites for hydroxylation is 1. The summed E-state index contributed by atoms with van der Waals surface area (Å²) in [6.07, 6.45) is 3.80. The molecule has 0 aromatic heterocycles. The van der Waals surface area contributed by atoms with E-state index in [0.29, 0.717) is 30.8 Å². The Kier molecular flexibility index (Phi) is 8.46. The van der Waals surface area contributed by atoms with E-state index in [1.165, 1.54) is 30.2 Å². The van der Waals surface area contributed by atoms with Crippen LogP contribution < -0.4 is 5.32 Å². The fourth-order valence-corrected chi connectivity index (χ4v) is 6.75. The minimum absolute atomic E-state index is 0.0395. The molecule has 2 fully saturated rings. The average Bonchev–Trinajstić information content (AvgIpc) is 3.39. The zero-order valence-electron chi connectivity index (χ0n) is 19.0. The number of anilines is 1. The third kappa shape index (κ3) is 6.82. The fraction of sp³-hybridized carbons (Fsp3) is 0.480. The second-order valence-corrected chi connectivity index (χ2v) is 11.9. The van der Waals surface area contributed by atoms with Gasteiger partial charge in [-0.15, -0.1) is 0 Å². The maximum atomic E-state index is 12.6. The van der Waals surface area contributed by atoms with Crippen LogP contribution in [0, 0.1) is 0 Å². The summed E-state index contributed by atoms with van der Waals surface area (Å²) in [6, 6.07) is 15.1. The summed E-state index contributed by atoms with van der Waals surface area (Å²) in [5.41, 5.74) is 3.05. The number of sulfonamides is 1. The van der Waals surface area contributed by atoms with E-state index in [4.69, 9.17) is 0 Å². The van der Waals surface area contributed by atoms with Gasteiger partial charge in [-0.2, -0.15) is 16.1 Å². The number of rotatable bonds is 9. The van der Waals surface area contributed by atoms with Crippen molar-refractivity contribution in [1.29, 1.82) is 0 Å². The van der Waals surface area contributed by atoms with Crippen LogP contribution in [0.1, 0.15) is 30.4 Å². The van der Waals surface area contributed by atoms with Gasteiger partial charge in [0.15, 0.2) is 0 Å². The molecule has 2 aromatic rings. The first kappa shape index (κ1) is 24.3. The Morgan fingerprint density at radius 1 is 0.848 bits per heavy atom. The summed E-state index contributed by atoms with van der Waals surface area (Å²) in [5, 5.41) is 2.96. The minimum atomic E-state index is -3.39. The molecular weight excluding hydrogens is 454 g/mol. The molecule has 6 nitrogen and oxygen atoms in total. The van der Waals surface area contributed by atoms with E-state index >= 15 is 0 Å². The lowest BCUT2D eigenvalue weighted by Gasteiger charge is -2.26. The normalized spacial score (nSPS) is 17.8. The van der Waals surface area contributed by atoms with Crippen molar-refractivity contribution in [2.24, 2.45) is 0 Å². The SMILES string of the molecule is O=C(CCc1ccc(S(=O)(=O)N2CCCC2)cc1)Nc1ccc(CCN2CCSCC2)cc1. The van der Waals surface area contributed by atoms with Gasteiger partial charge in [0.1, 0.15) is 0 Å². The molecule has 0 unspecified atom stereocenters. The van der Waals surface area contributed by atoms with Gasteiger partial charge in [0.25, 0.3) is 0 Å². The predicted octanol–water partition coefficient (Wildman–Crippen LogP) is 3.63. The van der Waals surface area contributed by atoms with Crippen molar-refractivity contribution in [3.63, 3.8) is 0 Å². The van der Waals surface area contributed by atoms with Crippen molar-refractivity contribution in [2.45, 2.75) is 37.0 Å². The molecule has 178 valence electrons. The van der Waals surface area contributed by atoms with E-state index in [9.17, 15) is 13.2 Å². The van der Waals surface area contributed by atoms with Gasteiger partial charge < -0.3 is 10.2 Å². The van der Waals surface area contributed by atoms with E-state index in [-0.39, 0.29) is 5.91 Å². The van der Waals surface area contributed by atoms with Crippen LogP contribution in [0.4, 0.5) is 5.69 Å². The number of benzene rings is 2. The number of hydrogen-bond donors (Lipinski definition) is 1. The second kappa shape index (κ2) is 11.5. The van der Waals surface area contributed by atoms with Crippen molar-refractivity contribution < 1.29 is 13.2 Å². The van der Waals surface area contributed by atoms with Crippen LogP contribution in [0.3, 0.4) is 0 Å². The van der Waals surface area contributed by atoms with Crippen molar-refractivity contribution in [1.82, 2.24) is 9.21 Å². The minimum Gasteiger partial charge on any atom is -0.326 e. The molecule has 2 aliphatic rings. The molecule has 0 saturated carbocycles. The largest absolute Gasteiger partial charge is 0.326 e. The topological polar surface area (TPSA) is 69.7 Å². The molecular formula is C25H33N3O3S2. The van der Waals surface area contributed by atoms with Gasteiger partial charge in [0, 0.05) is 56.3 Å². The van der Waals surface area contributed by atoms with Crippen LogP contribution >= 0.6 is 11.8 Å². The van der Waals surface area contributed by atoms with Gasteiger partial charge in [0.2, 0.25) is 15.9 Å². The highest BCUT2D eigenvalue weighted by Crippen LogP contribution is 2.21. The first-order valence-corrected chi connectivity index (χ1v) is 14.4. The van der Waals surface area contributed by atoms with E-state index in [0.717, 1.165) is 37.1 Å². The molecule has 4 rings (SSSR count). The first-order valence-electron chi connectivity index (χ1n) is 11.8. The molecule has 0 aliphatic carbocycles. The lowest BCUT2D eigenvalue weighted by Crippen LogP contribution is -2.34. The van der Waals surface area contributed by atoms with Crippen molar-refractivity contribution in [2.75, 3.05) is 49.5 Å². The Morgan fingerprint density at radius 2 is 1.45 bits per heavy atom. The molecule has 8 heteroatoms. The Hall–Kier alpha value is -1.87. The van der Waals surface area contributed by atoms with Gasteiger partial charge in [-0.05, 0) is 61.1 Å². The maximum Gasteiger partial charge on any atom is 0.243 e. The van der Waals surface area contributed by atoms with E-state index in [1.54, 1.807) is 16.4 Å². The van der Waals surface area contributed by atoms with E-state index in [1.807, 2.05) is 36.0 Å². The Bertz CT molecular complexity index is 1010. The van der Waals surface area contributed by atoms with Crippen LogP contribution in [0.2, 0.25) is 0 Å². The van der Waals surface area contributed by atoms with Crippen molar-refractivity contribution in [3.8, 4) is 0 Å². The van der Waals surface area contributed by atoms with Gasteiger partial charge in [0.05, 0.1) is 4.90 Å². The van der Waals surface area contributed by atoms with Crippen molar-refractivity contribution in [3.05, 3.63) is 59.7 Å². The van der Waals surface area contributed by atoms with Crippen LogP contribution in [-0.2, 0) is 27.7 Å². The second-order valence-electron chi connectivity index (χ2n) is 8.70. The number of nitrogens with one attached hydrogen (secondary N) is 1. The molecule has 0 atom stereocenters. The smallest absolute Gasteiger partial charge is 0.243 e. The predicted molar refractivity (Wildman–Crippen MR) is 135 cm³/mol. The molecule has 0 bridgehead atoms. The van der Waals surface area contributed by atoms with Crippen LogP contribution in [0.5, 0.6) is 0 Å². The molecule has 2 aromatic carbocycles. The summed E-state index contributed by atoms with van der Waals surface area (Å²) in [6.45, 7) is 4.64. The molecule has 0 spiro atoms. The number of nitrogens with zero attached hydrogens (tertiary/aromatic N) is 2. The van der Waals surface area contributed by atoms with E-state index in [2.05, 4.69) is 22.3 Å². The van der Waals surface area contributed by atoms with Crippen LogP contribution in [0.25, 0.3) is 0 Å². The lowest BCUT2D eigenvalue weighted by molar-refractivity contribution is -0.116. The first-order chi connectivity index (χ1) is 16.0. The highest BCUT2D eigenvalue weighted by molar-refractivity contribution is 7.99.